The molecule has 1 aromatic carbocycles. The van der Waals surface area contributed by atoms with Crippen LogP contribution in [0.1, 0.15) is 34.5 Å². The van der Waals surface area contributed by atoms with Crippen molar-refractivity contribution in [1.82, 2.24) is 24.6 Å². The molecule has 1 aliphatic heterocycles. The second-order valence-electron chi connectivity index (χ2n) is 6.27. The molecule has 8 heteroatoms. The largest absolute Gasteiger partial charge is 0.380 e. The van der Waals surface area contributed by atoms with E-state index in [1.54, 1.807) is 37.5 Å². The fourth-order valence-corrected chi connectivity index (χ4v) is 3.25. The van der Waals surface area contributed by atoms with E-state index in [1.807, 2.05) is 29.0 Å². The van der Waals surface area contributed by atoms with Crippen LogP contribution in [0, 0.1) is 6.92 Å². The first kappa shape index (κ1) is 16.5. The smallest absolute Gasteiger partial charge is 0.254 e. The van der Waals surface area contributed by atoms with Crippen LogP contribution in [-0.2, 0) is 4.74 Å². The third kappa shape index (κ3) is 2.99. The molecule has 0 aliphatic carbocycles. The molecule has 1 aliphatic rings. The lowest BCUT2D eigenvalue weighted by molar-refractivity contribution is 0.0671. The first-order chi connectivity index (χ1) is 12.7. The van der Waals surface area contributed by atoms with Gasteiger partial charge in [0.1, 0.15) is 6.04 Å². The third-order valence-corrected chi connectivity index (χ3v) is 4.58. The van der Waals surface area contributed by atoms with Gasteiger partial charge in [0.2, 0.25) is 5.89 Å². The molecule has 1 fully saturated rings. The van der Waals surface area contributed by atoms with Crippen molar-refractivity contribution in [3.63, 3.8) is 0 Å². The molecule has 0 bridgehead atoms. The molecule has 8 nitrogen and oxygen atoms in total. The van der Waals surface area contributed by atoms with Crippen LogP contribution in [0.15, 0.2) is 47.5 Å². The number of nitrogens with zero attached hydrogens (tertiary/aromatic N) is 5. The molecule has 3 heterocycles. The zero-order valence-corrected chi connectivity index (χ0v) is 14.6. The van der Waals surface area contributed by atoms with Gasteiger partial charge in [0, 0.05) is 43.7 Å². The summed E-state index contributed by atoms with van der Waals surface area (Å²) in [6.45, 7) is 2.24. The van der Waals surface area contributed by atoms with Crippen LogP contribution < -0.4 is 0 Å². The van der Waals surface area contributed by atoms with Crippen LogP contribution in [0.4, 0.5) is 0 Å². The minimum atomic E-state index is -0.287. The van der Waals surface area contributed by atoms with Gasteiger partial charge in [0.05, 0.1) is 12.4 Å². The number of methoxy groups -OCH3 is 1. The van der Waals surface area contributed by atoms with E-state index in [-0.39, 0.29) is 18.1 Å². The van der Waals surface area contributed by atoms with Crippen molar-refractivity contribution < 1.29 is 14.1 Å². The molecule has 3 aromatic rings. The summed E-state index contributed by atoms with van der Waals surface area (Å²) in [6, 6.07) is 7.15. The number of benzene rings is 1. The average Bonchev–Trinajstić information content (AvgIpc) is 3.41. The minimum absolute atomic E-state index is 0.0620. The molecule has 0 saturated carbocycles. The lowest BCUT2D eigenvalue weighted by Gasteiger charge is -2.22. The van der Waals surface area contributed by atoms with Gasteiger partial charge in [-0.1, -0.05) is 11.2 Å². The van der Waals surface area contributed by atoms with Gasteiger partial charge in [-0.3, -0.25) is 4.79 Å². The highest BCUT2D eigenvalue weighted by molar-refractivity contribution is 5.95. The van der Waals surface area contributed by atoms with Crippen LogP contribution in [-0.4, -0.2) is 50.3 Å². The summed E-state index contributed by atoms with van der Waals surface area (Å²) in [4.78, 5) is 23.3. The molecule has 0 radical (unpaired) electrons. The number of aromatic nitrogens is 4. The van der Waals surface area contributed by atoms with Crippen LogP contribution in [0.3, 0.4) is 0 Å². The zero-order valence-electron chi connectivity index (χ0n) is 14.6. The molecule has 0 N–H and O–H groups in total. The predicted molar refractivity (Wildman–Crippen MR) is 91.8 cm³/mol. The van der Waals surface area contributed by atoms with Gasteiger partial charge in [-0.2, -0.15) is 4.98 Å². The molecule has 0 spiro atoms. The van der Waals surface area contributed by atoms with Gasteiger partial charge in [0.15, 0.2) is 5.82 Å². The highest BCUT2D eigenvalue weighted by atomic mass is 16.5. The second kappa shape index (κ2) is 6.72. The van der Waals surface area contributed by atoms with Gasteiger partial charge in [-0.15, -0.1) is 0 Å². The fourth-order valence-electron chi connectivity index (χ4n) is 3.25. The molecule has 2 atom stereocenters. The predicted octanol–water partition coefficient (Wildman–Crippen LogP) is 2.17. The summed E-state index contributed by atoms with van der Waals surface area (Å²) < 4.78 is 12.6. The molecule has 1 saturated heterocycles. The molecule has 134 valence electrons. The molecular weight excluding hydrogens is 334 g/mol. The Kier molecular flexibility index (Phi) is 4.26. The highest BCUT2D eigenvalue weighted by Crippen LogP contribution is 2.33. The van der Waals surface area contributed by atoms with Crippen molar-refractivity contribution in [1.29, 1.82) is 0 Å². The number of amides is 1. The Hall–Kier alpha value is -3.00. The lowest BCUT2D eigenvalue weighted by atomic mass is 10.1. The van der Waals surface area contributed by atoms with Gasteiger partial charge in [-0.05, 0) is 25.1 Å². The molecule has 0 unspecified atom stereocenters. The monoisotopic (exact) mass is 353 g/mol. The van der Waals surface area contributed by atoms with E-state index in [2.05, 4.69) is 15.1 Å². The van der Waals surface area contributed by atoms with Gasteiger partial charge < -0.3 is 18.7 Å². The van der Waals surface area contributed by atoms with Gasteiger partial charge in [-0.25, -0.2) is 4.98 Å². The van der Waals surface area contributed by atoms with Gasteiger partial charge >= 0.3 is 0 Å². The van der Waals surface area contributed by atoms with Crippen molar-refractivity contribution in [2.24, 2.45) is 0 Å². The first-order valence-corrected chi connectivity index (χ1v) is 8.38. The van der Waals surface area contributed by atoms with Crippen LogP contribution in [0.25, 0.3) is 5.69 Å². The van der Waals surface area contributed by atoms with Crippen LogP contribution in [0.2, 0.25) is 0 Å². The quantitative estimate of drug-likeness (QED) is 0.714. The van der Waals surface area contributed by atoms with E-state index >= 15 is 0 Å². The summed E-state index contributed by atoms with van der Waals surface area (Å²) in [6.07, 6.45) is 5.81. The minimum Gasteiger partial charge on any atom is -0.380 e. The number of imidazole rings is 1. The summed E-state index contributed by atoms with van der Waals surface area (Å²) >= 11 is 0. The maximum Gasteiger partial charge on any atom is 0.254 e. The molecule has 1 amide bonds. The molecule has 2 aromatic heterocycles. The van der Waals surface area contributed by atoms with Crippen molar-refractivity contribution in [2.75, 3.05) is 13.7 Å². The summed E-state index contributed by atoms with van der Waals surface area (Å²) in [5.74, 6) is 0.906. The highest BCUT2D eigenvalue weighted by Gasteiger charge is 2.39. The number of rotatable bonds is 4. The number of aryl methyl sites for hydroxylation is 1. The topological polar surface area (TPSA) is 86.3 Å². The van der Waals surface area contributed by atoms with E-state index < -0.39 is 0 Å². The summed E-state index contributed by atoms with van der Waals surface area (Å²) in [5.41, 5.74) is 1.47. The number of hydrogen-bond donors (Lipinski definition) is 0. The Labute approximate surface area is 150 Å². The van der Waals surface area contributed by atoms with Crippen LogP contribution in [0.5, 0.6) is 0 Å². The number of hydrogen-bond acceptors (Lipinski definition) is 6. The van der Waals surface area contributed by atoms with Crippen molar-refractivity contribution in [2.45, 2.75) is 25.5 Å². The Balaban J connectivity index is 1.64. The Morgan fingerprint density at radius 1 is 1.38 bits per heavy atom. The molecule has 4 rings (SSSR count). The standard InChI is InChI=1S/C18H19N5O3/c1-12-20-17(26-21-12)16-9-15(25-2)10-23(16)18(24)13-4-3-5-14(8-13)22-7-6-19-11-22/h3-8,11,15-16H,9-10H2,1-2H3/t15-,16+/m0/s1. The van der Waals surface area contributed by atoms with Crippen molar-refractivity contribution >= 4 is 5.91 Å². The normalized spacial score (nSPS) is 19.8. The van der Waals surface area contributed by atoms with E-state index in [0.717, 1.165) is 5.69 Å². The maximum atomic E-state index is 13.2. The van der Waals surface area contributed by atoms with E-state index in [1.165, 1.54) is 0 Å². The summed E-state index contributed by atoms with van der Waals surface area (Å²) in [5, 5.41) is 3.85. The number of carbonyl (C=O) groups excluding carboxylic acids is 1. The van der Waals surface area contributed by atoms with Gasteiger partial charge in [0.25, 0.3) is 5.91 Å². The van der Waals surface area contributed by atoms with Crippen molar-refractivity contribution in [3.05, 3.63) is 60.3 Å². The number of ether oxygens (including phenoxy) is 1. The van der Waals surface area contributed by atoms with Crippen molar-refractivity contribution in [3.8, 4) is 5.69 Å². The average molecular weight is 353 g/mol. The molecule has 26 heavy (non-hydrogen) atoms. The first-order valence-electron chi connectivity index (χ1n) is 8.38. The van der Waals surface area contributed by atoms with Crippen LogP contribution >= 0.6 is 0 Å². The third-order valence-electron chi connectivity index (χ3n) is 4.58. The number of carbonyl (C=O) groups is 1. The Bertz CT molecular complexity index is 905. The van der Waals surface area contributed by atoms with E-state index in [9.17, 15) is 4.79 Å². The number of likely N-dealkylation sites (tertiary alicyclic amines) is 1. The molecular formula is C18H19N5O3. The zero-order chi connectivity index (χ0) is 18.1. The fraction of sp³-hybridized carbons (Fsp3) is 0.333. The maximum absolute atomic E-state index is 13.2. The Morgan fingerprint density at radius 3 is 2.96 bits per heavy atom. The van der Waals surface area contributed by atoms with E-state index in [0.29, 0.717) is 30.2 Å². The Morgan fingerprint density at radius 2 is 2.27 bits per heavy atom. The SMILES string of the molecule is CO[C@H]1C[C@H](c2nc(C)no2)N(C(=O)c2cccc(-n3ccnc3)c2)C1. The lowest BCUT2D eigenvalue weighted by Crippen LogP contribution is -2.32. The second-order valence-corrected chi connectivity index (χ2v) is 6.27. The van der Waals surface area contributed by atoms with E-state index in [4.69, 9.17) is 9.26 Å². The summed E-state index contributed by atoms with van der Waals surface area (Å²) in [7, 11) is 1.65.